The molecule has 144 valence electrons. The number of carbonyl (C=O) groups excluding carboxylic acids is 1. The summed E-state index contributed by atoms with van der Waals surface area (Å²) < 4.78 is 42.3. The first-order valence-corrected chi connectivity index (χ1v) is 11.3. The van der Waals surface area contributed by atoms with Crippen LogP contribution < -0.4 is 5.32 Å². The van der Waals surface area contributed by atoms with Crippen molar-refractivity contribution < 1.29 is 17.6 Å². The maximum atomic E-state index is 13.9. The molecule has 0 aliphatic carbocycles. The maximum Gasteiger partial charge on any atom is 0.243 e. The van der Waals surface area contributed by atoms with E-state index in [1.54, 1.807) is 18.2 Å². The third-order valence-electron chi connectivity index (χ3n) is 4.40. The van der Waals surface area contributed by atoms with Crippen LogP contribution in [0.3, 0.4) is 0 Å². The predicted molar refractivity (Wildman–Crippen MR) is 108 cm³/mol. The average molecular weight is 520 g/mol. The summed E-state index contributed by atoms with van der Waals surface area (Å²) in [6.45, 7) is 0.428. The fourth-order valence-corrected chi connectivity index (χ4v) is 5.08. The van der Waals surface area contributed by atoms with Gasteiger partial charge in [0.25, 0.3) is 0 Å². The van der Waals surface area contributed by atoms with Crippen LogP contribution in [0.5, 0.6) is 0 Å². The van der Waals surface area contributed by atoms with Crippen LogP contribution in [-0.2, 0) is 14.8 Å². The van der Waals surface area contributed by atoms with Crippen molar-refractivity contribution in [3.05, 3.63) is 57.2 Å². The average Bonchev–Trinajstić information content (AvgIpc) is 2.64. The van der Waals surface area contributed by atoms with Gasteiger partial charge in [0, 0.05) is 22.0 Å². The molecule has 0 spiro atoms. The highest BCUT2D eigenvalue weighted by molar-refractivity contribution is 9.10. The SMILES string of the molecule is O=C(Nc1ccc(Br)cc1F)[C@H]1CCCN(S(=O)(=O)c2ccc(Br)cc2)C1. The van der Waals surface area contributed by atoms with E-state index in [2.05, 4.69) is 37.2 Å². The van der Waals surface area contributed by atoms with Crippen LogP contribution in [0.15, 0.2) is 56.3 Å². The van der Waals surface area contributed by atoms with Gasteiger partial charge in [-0.15, -0.1) is 0 Å². The van der Waals surface area contributed by atoms with Crippen molar-refractivity contribution in [3.63, 3.8) is 0 Å². The molecule has 1 heterocycles. The summed E-state index contributed by atoms with van der Waals surface area (Å²) in [6, 6.07) is 10.7. The Balaban J connectivity index is 1.73. The number of carbonyl (C=O) groups is 1. The van der Waals surface area contributed by atoms with Crippen LogP contribution in [0, 0.1) is 11.7 Å². The van der Waals surface area contributed by atoms with Gasteiger partial charge < -0.3 is 5.32 Å². The lowest BCUT2D eigenvalue weighted by Crippen LogP contribution is -2.43. The summed E-state index contributed by atoms with van der Waals surface area (Å²) in [5.41, 5.74) is 0.0797. The van der Waals surface area contributed by atoms with Crippen molar-refractivity contribution in [3.8, 4) is 0 Å². The number of hydrogen-bond donors (Lipinski definition) is 1. The minimum atomic E-state index is -3.68. The molecule has 1 amide bonds. The minimum Gasteiger partial charge on any atom is -0.323 e. The van der Waals surface area contributed by atoms with Crippen LogP contribution >= 0.6 is 31.9 Å². The lowest BCUT2D eigenvalue weighted by atomic mass is 9.98. The zero-order valence-corrected chi connectivity index (χ0v) is 18.1. The van der Waals surface area contributed by atoms with Crippen molar-refractivity contribution in [2.75, 3.05) is 18.4 Å². The molecule has 0 bridgehead atoms. The molecule has 27 heavy (non-hydrogen) atoms. The van der Waals surface area contributed by atoms with Crippen molar-refractivity contribution in [1.82, 2.24) is 4.31 Å². The van der Waals surface area contributed by atoms with E-state index in [1.165, 1.54) is 28.6 Å². The van der Waals surface area contributed by atoms with Gasteiger partial charge in [0.1, 0.15) is 5.82 Å². The molecule has 1 N–H and O–H groups in total. The van der Waals surface area contributed by atoms with E-state index >= 15 is 0 Å². The molecule has 0 aromatic heterocycles. The Morgan fingerprint density at radius 2 is 1.78 bits per heavy atom. The van der Waals surface area contributed by atoms with E-state index < -0.39 is 21.8 Å². The molecular formula is C18H17Br2FN2O3S. The Bertz CT molecular complexity index is 952. The standard InChI is InChI=1S/C18H17Br2FN2O3S/c19-13-3-6-15(7-4-13)27(25,26)23-9-1-2-12(11-23)18(24)22-17-8-5-14(20)10-16(17)21/h3-8,10,12H,1-2,9,11H2,(H,22,24)/t12-/m0/s1. The quantitative estimate of drug-likeness (QED) is 0.651. The predicted octanol–water partition coefficient (Wildman–Crippen LogP) is 4.39. The Hall–Kier alpha value is -1.29. The van der Waals surface area contributed by atoms with Crippen molar-refractivity contribution >= 4 is 53.5 Å². The normalized spacial score (nSPS) is 18.3. The van der Waals surface area contributed by atoms with E-state index in [-0.39, 0.29) is 23.0 Å². The minimum absolute atomic E-state index is 0.0718. The highest BCUT2D eigenvalue weighted by Gasteiger charge is 2.33. The molecule has 2 aromatic carbocycles. The van der Waals surface area contributed by atoms with Crippen LogP contribution in [0.4, 0.5) is 10.1 Å². The Kier molecular flexibility index (Phi) is 6.35. The lowest BCUT2D eigenvalue weighted by molar-refractivity contribution is -0.120. The zero-order valence-electron chi connectivity index (χ0n) is 14.2. The van der Waals surface area contributed by atoms with Gasteiger partial charge >= 0.3 is 0 Å². The van der Waals surface area contributed by atoms with Gasteiger partial charge in [-0.25, -0.2) is 12.8 Å². The highest BCUT2D eigenvalue weighted by Crippen LogP contribution is 2.26. The van der Waals surface area contributed by atoms with Crippen molar-refractivity contribution in [2.24, 2.45) is 5.92 Å². The van der Waals surface area contributed by atoms with Gasteiger partial charge in [0.15, 0.2) is 0 Å². The second-order valence-electron chi connectivity index (χ2n) is 6.27. The monoisotopic (exact) mass is 518 g/mol. The first kappa shape index (κ1) is 20.4. The fourth-order valence-electron chi connectivity index (χ4n) is 2.96. The highest BCUT2D eigenvalue weighted by atomic mass is 79.9. The van der Waals surface area contributed by atoms with Gasteiger partial charge in [-0.05, 0) is 55.3 Å². The first-order chi connectivity index (χ1) is 12.8. The van der Waals surface area contributed by atoms with Gasteiger partial charge in [-0.2, -0.15) is 4.31 Å². The Morgan fingerprint density at radius 3 is 2.44 bits per heavy atom. The van der Waals surface area contributed by atoms with E-state index in [9.17, 15) is 17.6 Å². The molecule has 1 aliphatic rings. The molecule has 1 atom stereocenters. The molecule has 0 radical (unpaired) electrons. The topological polar surface area (TPSA) is 66.5 Å². The molecule has 9 heteroatoms. The van der Waals surface area contributed by atoms with E-state index in [1.807, 2.05) is 0 Å². The first-order valence-electron chi connectivity index (χ1n) is 8.29. The molecule has 3 rings (SSSR count). The summed E-state index contributed by atoms with van der Waals surface area (Å²) in [6.07, 6.45) is 1.12. The largest absolute Gasteiger partial charge is 0.323 e. The molecule has 1 aliphatic heterocycles. The number of nitrogens with one attached hydrogen (secondary N) is 1. The number of anilines is 1. The number of hydrogen-bond acceptors (Lipinski definition) is 3. The molecule has 0 saturated carbocycles. The van der Waals surface area contributed by atoms with Crippen LogP contribution in [-0.4, -0.2) is 31.7 Å². The molecular weight excluding hydrogens is 503 g/mol. The molecule has 1 saturated heterocycles. The Morgan fingerprint density at radius 1 is 1.11 bits per heavy atom. The zero-order chi connectivity index (χ0) is 19.6. The summed E-state index contributed by atoms with van der Waals surface area (Å²) in [5, 5.41) is 2.56. The van der Waals surface area contributed by atoms with Crippen LogP contribution in [0.1, 0.15) is 12.8 Å². The fraction of sp³-hybridized carbons (Fsp3) is 0.278. The van der Waals surface area contributed by atoms with Crippen LogP contribution in [0.25, 0.3) is 0 Å². The number of halogens is 3. The Labute approximate surface area is 174 Å². The van der Waals surface area contributed by atoms with Gasteiger partial charge in [0.2, 0.25) is 15.9 Å². The summed E-state index contributed by atoms with van der Waals surface area (Å²) >= 11 is 6.45. The van der Waals surface area contributed by atoms with E-state index in [0.29, 0.717) is 23.9 Å². The van der Waals surface area contributed by atoms with E-state index in [4.69, 9.17) is 0 Å². The second kappa shape index (κ2) is 8.38. The molecule has 2 aromatic rings. The van der Waals surface area contributed by atoms with E-state index in [0.717, 1.165) is 4.47 Å². The summed E-state index contributed by atoms with van der Waals surface area (Å²) in [4.78, 5) is 12.7. The number of piperidine rings is 1. The van der Waals surface area contributed by atoms with Crippen molar-refractivity contribution in [2.45, 2.75) is 17.7 Å². The maximum absolute atomic E-state index is 13.9. The van der Waals surface area contributed by atoms with Crippen molar-refractivity contribution in [1.29, 1.82) is 0 Å². The molecule has 0 unspecified atom stereocenters. The second-order valence-corrected chi connectivity index (χ2v) is 10.0. The smallest absolute Gasteiger partial charge is 0.243 e. The van der Waals surface area contributed by atoms with Gasteiger partial charge in [0.05, 0.1) is 16.5 Å². The van der Waals surface area contributed by atoms with Gasteiger partial charge in [-0.3, -0.25) is 4.79 Å². The third kappa shape index (κ3) is 4.77. The number of nitrogens with zero attached hydrogens (tertiary/aromatic N) is 1. The molecule has 1 fully saturated rings. The molecule has 5 nitrogen and oxygen atoms in total. The van der Waals surface area contributed by atoms with Crippen LogP contribution in [0.2, 0.25) is 0 Å². The summed E-state index contributed by atoms with van der Waals surface area (Å²) in [5.74, 6) is -1.47. The number of rotatable bonds is 4. The van der Waals surface area contributed by atoms with Gasteiger partial charge in [-0.1, -0.05) is 31.9 Å². The third-order valence-corrected chi connectivity index (χ3v) is 7.30. The summed E-state index contributed by atoms with van der Waals surface area (Å²) in [7, 11) is -3.68. The lowest BCUT2D eigenvalue weighted by Gasteiger charge is -2.31. The number of amides is 1. The number of benzene rings is 2. The number of sulfonamides is 1.